The van der Waals surface area contributed by atoms with E-state index in [0.29, 0.717) is 25.3 Å². The average Bonchev–Trinajstić information content (AvgIpc) is 2.38. The molecule has 3 nitrogen and oxygen atoms in total. The molecule has 4 heteroatoms. The summed E-state index contributed by atoms with van der Waals surface area (Å²) in [5.41, 5.74) is 0.677. The fraction of sp³-hybridized carbons (Fsp3) is 0.462. The number of nitrogens with zero attached hydrogens (tertiary/aromatic N) is 1. The van der Waals surface area contributed by atoms with Gasteiger partial charge in [0, 0.05) is 11.4 Å². The number of hydrogen-bond acceptors (Lipinski definition) is 3. The Kier molecular flexibility index (Phi) is 4.07. The van der Waals surface area contributed by atoms with Crippen molar-refractivity contribution in [1.29, 1.82) is 0 Å². The molecule has 1 aliphatic rings. The van der Waals surface area contributed by atoms with Crippen molar-refractivity contribution in [2.45, 2.75) is 24.3 Å². The molecular weight excluding hydrogens is 234 g/mol. The molecule has 1 unspecified atom stereocenters. The van der Waals surface area contributed by atoms with E-state index in [-0.39, 0.29) is 11.9 Å². The number of benzene rings is 1. The number of hydrogen-bond donors (Lipinski definition) is 1. The number of amides is 1. The van der Waals surface area contributed by atoms with E-state index in [1.54, 1.807) is 0 Å². The molecule has 1 fully saturated rings. The third-order valence-corrected chi connectivity index (χ3v) is 3.48. The van der Waals surface area contributed by atoms with Crippen molar-refractivity contribution in [3.63, 3.8) is 0 Å². The van der Waals surface area contributed by atoms with Crippen LogP contribution in [-0.4, -0.2) is 36.6 Å². The second-order valence-electron chi connectivity index (χ2n) is 4.15. The van der Waals surface area contributed by atoms with Gasteiger partial charge < -0.3 is 9.64 Å². The molecule has 1 aromatic carbocycles. The summed E-state index contributed by atoms with van der Waals surface area (Å²) in [6, 6.07) is 7.61. The first-order valence-electron chi connectivity index (χ1n) is 5.90. The second kappa shape index (κ2) is 5.56. The molecule has 2 rings (SSSR count). The molecular formula is C13H17NO2S. The molecule has 0 saturated carbocycles. The summed E-state index contributed by atoms with van der Waals surface area (Å²) in [6.07, 6.45) is 0.917. The van der Waals surface area contributed by atoms with Crippen LogP contribution in [0, 0.1) is 0 Å². The highest BCUT2D eigenvalue weighted by atomic mass is 32.1. The van der Waals surface area contributed by atoms with Crippen LogP contribution in [0.25, 0.3) is 0 Å². The van der Waals surface area contributed by atoms with Gasteiger partial charge in [0.05, 0.1) is 24.8 Å². The SMILES string of the molecule is CCC1COCCN1C(=O)c1ccccc1S. The lowest BCUT2D eigenvalue weighted by Gasteiger charge is -2.35. The lowest BCUT2D eigenvalue weighted by atomic mass is 10.1. The molecule has 1 heterocycles. The lowest BCUT2D eigenvalue weighted by molar-refractivity contribution is -0.00297. The monoisotopic (exact) mass is 251 g/mol. The van der Waals surface area contributed by atoms with Crippen molar-refractivity contribution >= 4 is 18.5 Å². The molecule has 0 N–H and O–H groups in total. The molecule has 17 heavy (non-hydrogen) atoms. The molecule has 0 bridgehead atoms. The van der Waals surface area contributed by atoms with Crippen molar-refractivity contribution in [3.05, 3.63) is 29.8 Å². The smallest absolute Gasteiger partial charge is 0.255 e. The van der Waals surface area contributed by atoms with E-state index in [1.165, 1.54) is 0 Å². The van der Waals surface area contributed by atoms with E-state index in [2.05, 4.69) is 19.6 Å². The molecule has 0 spiro atoms. The van der Waals surface area contributed by atoms with Gasteiger partial charge in [0.1, 0.15) is 0 Å². The maximum atomic E-state index is 12.4. The first kappa shape index (κ1) is 12.5. The molecule has 1 aromatic rings. The minimum atomic E-state index is 0.0609. The van der Waals surface area contributed by atoms with Gasteiger partial charge in [0.15, 0.2) is 0 Å². The normalized spacial score (nSPS) is 20.4. The van der Waals surface area contributed by atoms with E-state index < -0.39 is 0 Å². The van der Waals surface area contributed by atoms with Crippen molar-refractivity contribution in [3.8, 4) is 0 Å². The predicted octanol–water partition coefficient (Wildman–Crippen LogP) is 2.23. The Morgan fingerprint density at radius 1 is 1.53 bits per heavy atom. The van der Waals surface area contributed by atoms with Crippen molar-refractivity contribution in [1.82, 2.24) is 4.90 Å². The molecule has 92 valence electrons. The zero-order valence-corrected chi connectivity index (χ0v) is 10.8. The molecule has 1 atom stereocenters. The predicted molar refractivity (Wildman–Crippen MR) is 69.6 cm³/mol. The highest BCUT2D eigenvalue weighted by molar-refractivity contribution is 7.80. The highest BCUT2D eigenvalue weighted by Gasteiger charge is 2.27. The van der Waals surface area contributed by atoms with Gasteiger partial charge in [-0.3, -0.25) is 4.79 Å². The maximum absolute atomic E-state index is 12.4. The van der Waals surface area contributed by atoms with Gasteiger partial charge >= 0.3 is 0 Å². The molecule has 1 aliphatic heterocycles. The van der Waals surface area contributed by atoms with Crippen LogP contribution < -0.4 is 0 Å². The van der Waals surface area contributed by atoms with Gasteiger partial charge in [0.2, 0.25) is 0 Å². The number of ether oxygens (including phenoxy) is 1. The molecule has 0 aliphatic carbocycles. The van der Waals surface area contributed by atoms with Crippen molar-refractivity contribution in [2.24, 2.45) is 0 Å². The van der Waals surface area contributed by atoms with Crippen LogP contribution in [0.1, 0.15) is 23.7 Å². The Hall–Kier alpha value is -1.00. The minimum Gasteiger partial charge on any atom is -0.377 e. The Morgan fingerprint density at radius 3 is 3.00 bits per heavy atom. The zero-order chi connectivity index (χ0) is 12.3. The summed E-state index contributed by atoms with van der Waals surface area (Å²) in [6.45, 7) is 4.00. The Labute approximate surface area is 107 Å². The number of carbonyl (C=O) groups excluding carboxylic acids is 1. The molecule has 0 radical (unpaired) electrons. The Bertz CT molecular complexity index is 408. The van der Waals surface area contributed by atoms with Crippen molar-refractivity contribution in [2.75, 3.05) is 19.8 Å². The Morgan fingerprint density at radius 2 is 2.29 bits per heavy atom. The van der Waals surface area contributed by atoms with Crippen LogP contribution in [0.3, 0.4) is 0 Å². The summed E-state index contributed by atoms with van der Waals surface area (Å²) in [5, 5.41) is 0. The quantitative estimate of drug-likeness (QED) is 0.817. The van der Waals surface area contributed by atoms with Gasteiger partial charge in [-0.1, -0.05) is 19.1 Å². The van der Waals surface area contributed by atoms with E-state index in [1.807, 2.05) is 29.2 Å². The maximum Gasteiger partial charge on any atom is 0.255 e. The third-order valence-electron chi connectivity index (χ3n) is 3.09. The van der Waals surface area contributed by atoms with Gasteiger partial charge in [-0.05, 0) is 18.6 Å². The standard InChI is InChI=1S/C13H17NO2S/c1-2-10-9-16-8-7-14(10)13(15)11-5-3-4-6-12(11)17/h3-6,10,17H,2,7-9H2,1H3. The summed E-state index contributed by atoms with van der Waals surface area (Å²) in [7, 11) is 0. The van der Waals surface area contributed by atoms with E-state index in [4.69, 9.17) is 4.74 Å². The van der Waals surface area contributed by atoms with Gasteiger partial charge in [-0.15, -0.1) is 12.6 Å². The first-order chi connectivity index (χ1) is 8.24. The van der Waals surface area contributed by atoms with Gasteiger partial charge in [0.25, 0.3) is 5.91 Å². The van der Waals surface area contributed by atoms with E-state index in [9.17, 15) is 4.79 Å². The van der Waals surface area contributed by atoms with E-state index in [0.717, 1.165) is 11.3 Å². The van der Waals surface area contributed by atoms with Gasteiger partial charge in [-0.2, -0.15) is 0 Å². The number of rotatable bonds is 2. The number of thiol groups is 1. The average molecular weight is 251 g/mol. The fourth-order valence-corrected chi connectivity index (χ4v) is 2.33. The molecule has 1 amide bonds. The minimum absolute atomic E-state index is 0.0609. The number of morpholine rings is 1. The summed E-state index contributed by atoms with van der Waals surface area (Å²) in [5.74, 6) is 0.0609. The fourth-order valence-electron chi connectivity index (χ4n) is 2.07. The van der Waals surface area contributed by atoms with Crippen LogP contribution in [0.2, 0.25) is 0 Å². The zero-order valence-electron chi connectivity index (χ0n) is 9.93. The third kappa shape index (κ3) is 2.64. The van der Waals surface area contributed by atoms with Gasteiger partial charge in [-0.25, -0.2) is 0 Å². The van der Waals surface area contributed by atoms with Crippen LogP contribution in [0.4, 0.5) is 0 Å². The summed E-state index contributed by atoms with van der Waals surface area (Å²) < 4.78 is 5.41. The first-order valence-corrected chi connectivity index (χ1v) is 6.35. The highest BCUT2D eigenvalue weighted by Crippen LogP contribution is 2.19. The summed E-state index contributed by atoms with van der Waals surface area (Å²) in [4.78, 5) is 15.0. The topological polar surface area (TPSA) is 29.5 Å². The van der Waals surface area contributed by atoms with Crippen LogP contribution in [0.15, 0.2) is 29.2 Å². The van der Waals surface area contributed by atoms with Crippen LogP contribution in [-0.2, 0) is 4.74 Å². The summed E-state index contributed by atoms with van der Waals surface area (Å²) >= 11 is 4.34. The van der Waals surface area contributed by atoms with Crippen LogP contribution in [0.5, 0.6) is 0 Å². The molecule has 1 saturated heterocycles. The largest absolute Gasteiger partial charge is 0.377 e. The number of carbonyl (C=O) groups is 1. The second-order valence-corrected chi connectivity index (χ2v) is 4.63. The lowest BCUT2D eigenvalue weighted by Crippen LogP contribution is -2.48. The Balaban J connectivity index is 2.21. The van der Waals surface area contributed by atoms with E-state index >= 15 is 0 Å². The molecule has 0 aromatic heterocycles. The van der Waals surface area contributed by atoms with Crippen LogP contribution >= 0.6 is 12.6 Å². The van der Waals surface area contributed by atoms with Crippen molar-refractivity contribution < 1.29 is 9.53 Å².